The third-order valence-electron chi connectivity index (χ3n) is 3.73. The molecular weight excluding hydrogens is 236 g/mol. The number of rotatable bonds is 3. The summed E-state index contributed by atoms with van der Waals surface area (Å²) < 4.78 is 2.11. The van der Waals surface area contributed by atoms with Crippen molar-refractivity contribution in [2.24, 2.45) is 0 Å². The van der Waals surface area contributed by atoms with Crippen LogP contribution in [0.15, 0.2) is 42.7 Å². The molecule has 3 rings (SSSR count). The molecule has 2 aromatic rings. The lowest BCUT2D eigenvalue weighted by atomic mass is 10.1. The van der Waals surface area contributed by atoms with Gasteiger partial charge >= 0.3 is 0 Å². The Morgan fingerprint density at radius 1 is 1.16 bits per heavy atom. The van der Waals surface area contributed by atoms with Crippen molar-refractivity contribution in [2.45, 2.75) is 18.9 Å². The van der Waals surface area contributed by atoms with Crippen LogP contribution in [-0.4, -0.2) is 40.6 Å². The summed E-state index contributed by atoms with van der Waals surface area (Å²) in [6.45, 7) is 2.31. The lowest BCUT2D eigenvalue weighted by Crippen LogP contribution is -2.37. The van der Waals surface area contributed by atoms with Gasteiger partial charge in [0.05, 0.1) is 0 Å². The first-order valence-corrected chi connectivity index (χ1v) is 6.87. The number of nitrogens with zero attached hydrogens (tertiary/aromatic N) is 3. The highest BCUT2D eigenvalue weighted by Crippen LogP contribution is 2.18. The zero-order valence-corrected chi connectivity index (χ0v) is 11.3. The Balaban J connectivity index is 1.74. The van der Waals surface area contributed by atoms with E-state index in [0.29, 0.717) is 6.04 Å². The van der Waals surface area contributed by atoms with Gasteiger partial charge in [-0.05, 0) is 45.1 Å². The van der Waals surface area contributed by atoms with Gasteiger partial charge in [-0.1, -0.05) is 18.2 Å². The predicted octanol–water partition coefficient (Wildman–Crippen LogP) is 2.38. The molecule has 1 aromatic heterocycles. The van der Waals surface area contributed by atoms with Gasteiger partial charge in [0.15, 0.2) is 0 Å². The minimum atomic E-state index is 0.529. The van der Waals surface area contributed by atoms with Gasteiger partial charge < -0.3 is 10.2 Å². The van der Waals surface area contributed by atoms with Gasteiger partial charge in [-0.25, -0.2) is 4.98 Å². The van der Waals surface area contributed by atoms with Crippen molar-refractivity contribution in [1.82, 2.24) is 14.5 Å². The summed E-state index contributed by atoms with van der Waals surface area (Å²) in [6, 6.07) is 10.9. The summed E-state index contributed by atoms with van der Waals surface area (Å²) in [5, 5.41) is 3.57. The fourth-order valence-electron chi connectivity index (χ4n) is 2.54. The van der Waals surface area contributed by atoms with Crippen LogP contribution in [-0.2, 0) is 0 Å². The molecule has 0 aliphatic carbocycles. The molecule has 0 saturated carbocycles. The first-order chi connectivity index (χ1) is 9.33. The first-order valence-electron chi connectivity index (χ1n) is 6.87. The largest absolute Gasteiger partial charge is 0.353 e. The normalized spacial score (nSPS) is 17.5. The molecule has 4 heteroatoms. The lowest BCUT2D eigenvalue weighted by molar-refractivity contribution is 0.263. The zero-order chi connectivity index (χ0) is 13.1. The molecule has 0 atom stereocenters. The number of para-hydroxylation sites is 1. The van der Waals surface area contributed by atoms with Gasteiger partial charge in [0.2, 0.25) is 5.95 Å². The van der Waals surface area contributed by atoms with Crippen LogP contribution >= 0.6 is 0 Å². The molecule has 0 bridgehead atoms. The van der Waals surface area contributed by atoms with Crippen LogP contribution in [0, 0.1) is 0 Å². The molecule has 0 radical (unpaired) electrons. The maximum atomic E-state index is 4.44. The van der Waals surface area contributed by atoms with Crippen molar-refractivity contribution >= 4 is 5.95 Å². The maximum Gasteiger partial charge on any atom is 0.207 e. The van der Waals surface area contributed by atoms with E-state index in [9.17, 15) is 0 Å². The molecule has 19 heavy (non-hydrogen) atoms. The topological polar surface area (TPSA) is 33.1 Å². The van der Waals surface area contributed by atoms with Gasteiger partial charge in [0.1, 0.15) is 0 Å². The Morgan fingerprint density at radius 2 is 1.89 bits per heavy atom. The number of anilines is 1. The van der Waals surface area contributed by atoms with E-state index >= 15 is 0 Å². The number of benzene rings is 1. The van der Waals surface area contributed by atoms with Crippen molar-refractivity contribution in [3.63, 3.8) is 0 Å². The van der Waals surface area contributed by atoms with Gasteiger partial charge in [-0.3, -0.25) is 4.57 Å². The molecule has 1 saturated heterocycles. The van der Waals surface area contributed by atoms with E-state index < -0.39 is 0 Å². The highest BCUT2D eigenvalue weighted by Gasteiger charge is 2.18. The Hall–Kier alpha value is -1.81. The molecule has 0 amide bonds. The summed E-state index contributed by atoms with van der Waals surface area (Å²) in [6.07, 6.45) is 6.22. The van der Waals surface area contributed by atoms with Gasteiger partial charge in [-0.15, -0.1) is 0 Å². The van der Waals surface area contributed by atoms with Crippen LogP contribution < -0.4 is 5.32 Å². The average molecular weight is 256 g/mol. The smallest absolute Gasteiger partial charge is 0.207 e. The SMILES string of the molecule is CN1CCC(Nc2nccn2-c2ccccc2)CC1. The second-order valence-corrected chi connectivity index (χ2v) is 5.18. The number of hydrogen-bond acceptors (Lipinski definition) is 3. The Morgan fingerprint density at radius 3 is 2.63 bits per heavy atom. The molecule has 1 aliphatic heterocycles. The number of piperidine rings is 1. The lowest BCUT2D eigenvalue weighted by Gasteiger charge is -2.29. The van der Waals surface area contributed by atoms with Crippen LogP contribution in [0.25, 0.3) is 5.69 Å². The molecule has 1 fully saturated rings. The van der Waals surface area contributed by atoms with Gasteiger partial charge in [-0.2, -0.15) is 0 Å². The Bertz CT molecular complexity index is 512. The van der Waals surface area contributed by atoms with E-state index in [1.165, 1.54) is 12.8 Å². The summed E-state index contributed by atoms with van der Waals surface area (Å²) >= 11 is 0. The first kappa shape index (κ1) is 12.2. The van der Waals surface area contributed by atoms with E-state index in [1.54, 1.807) is 0 Å². The zero-order valence-electron chi connectivity index (χ0n) is 11.3. The van der Waals surface area contributed by atoms with Gasteiger partial charge in [0.25, 0.3) is 0 Å². The molecule has 1 aliphatic rings. The van der Waals surface area contributed by atoms with Gasteiger partial charge in [0, 0.05) is 24.1 Å². The third kappa shape index (κ3) is 2.79. The van der Waals surface area contributed by atoms with Crippen LogP contribution in [0.3, 0.4) is 0 Å². The quantitative estimate of drug-likeness (QED) is 0.915. The fraction of sp³-hybridized carbons (Fsp3) is 0.400. The Labute approximate surface area is 114 Å². The van der Waals surface area contributed by atoms with Crippen LogP contribution in [0.4, 0.5) is 5.95 Å². The summed E-state index contributed by atoms with van der Waals surface area (Å²) in [4.78, 5) is 6.82. The molecule has 2 heterocycles. The fourth-order valence-corrected chi connectivity index (χ4v) is 2.54. The highest BCUT2D eigenvalue weighted by molar-refractivity contribution is 5.42. The Kier molecular flexibility index (Phi) is 3.51. The third-order valence-corrected chi connectivity index (χ3v) is 3.73. The van der Waals surface area contributed by atoms with Crippen molar-refractivity contribution in [1.29, 1.82) is 0 Å². The second-order valence-electron chi connectivity index (χ2n) is 5.18. The molecule has 1 aromatic carbocycles. The molecular formula is C15H20N4. The van der Waals surface area contributed by atoms with Crippen LogP contribution in [0.2, 0.25) is 0 Å². The van der Waals surface area contributed by atoms with E-state index in [1.807, 2.05) is 18.5 Å². The minimum absolute atomic E-state index is 0.529. The summed E-state index contributed by atoms with van der Waals surface area (Å²) in [5.74, 6) is 0.945. The van der Waals surface area contributed by atoms with Crippen LogP contribution in [0.1, 0.15) is 12.8 Å². The summed E-state index contributed by atoms with van der Waals surface area (Å²) in [5.41, 5.74) is 1.15. The van der Waals surface area contributed by atoms with E-state index in [2.05, 4.69) is 51.1 Å². The van der Waals surface area contributed by atoms with Crippen molar-refractivity contribution in [3.8, 4) is 5.69 Å². The van der Waals surface area contributed by atoms with E-state index in [-0.39, 0.29) is 0 Å². The minimum Gasteiger partial charge on any atom is -0.353 e. The molecule has 0 spiro atoms. The van der Waals surface area contributed by atoms with Crippen molar-refractivity contribution in [3.05, 3.63) is 42.7 Å². The maximum absolute atomic E-state index is 4.44. The number of nitrogens with one attached hydrogen (secondary N) is 1. The molecule has 1 N–H and O–H groups in total. The van der Waals surface area contributed by atoms with Crippen molar-refractivity contribution in [2.75, 3.05) is 25.5 Å². The monoisotopic (exact) mass is 256 g/mol. The number of imidazole rings is 1. The van der Waals surface area contributed by atoms with E-state index in [0.717, 1.165) is 24.7 Å². The standard InChI is InChI=1S/C15H20N4/c1-18-10-7-13(8-11-18)17-15-16-9-12-19(15)14-5-3-2-4-6-14/h2-6,9,12-13H,7-8,10-11H2,1H3,(H,16,17). The summed E-state index contributed by atoms with van der Waals surface area (Å²) in [7, 11) is 2.18. The van der Waals surface area contributed by atoms with Crippen molar-refractivity contribution < 1.29 is 0 Å². The number of likely N-dealkylation sites (tertiary alicyclic amines) is 1. The number of hydrogen-bond donors (Lipinski definition) is 1. The highest BCUT2D eigenvalue weighted by atomic mass is 15.2. The average Bonchev–Trinajstić information content (AvgIpc) is 2.90. The van der Waals surface area contributed by atoms with E-state index in [4.69, 9.17) is 0 Å². The predicted molar refractivity (Wildman–Crippen MR) is 77.7 cm³/mol. The molecule has 0 unspecified atom stereocenters. The second kappa shape index (κ2) is 5.45. The molecule has 100 valence electrons. The number of aromatic nitrogens is 2. The van der Waals surface area contributed by atoms with Crippen LogP contribution in [0.5, 0.6) is 0 Å². The molecule has 4 nitrogen and oxygen atoms in total.